The minimum Gasteiger partial charge on any atom is -0.322 e. The van der Waals surface area contributed by atoms with Gasteiger partial charge in [0.05, 0.1) is 22.9 Å². The van der Waals surface area contributed by atoms with Crippen LogP contribution >= 0.6 is 0 Å². The van der Waals surface area contributed by atoms with Crippen molar-refractivity contribution in [2.75, 3.05) is 5.32 Å². The molecule has 0 saturated carbocycles. The number of benzene rings is 1. The molecular formula is C14H14N4O. The Labute approximate surface area is 111 Å². The first kappa shape index (κ1) is 12.8. The monoisotopic (exact) mass is 254 g/mol. The minimum atomic E-state index is -0.208. The highest BCUT2D eigenvalue weighted by molar-refractivity contribution is 6.05. The van der Waals surface area contributed by atoms with Gasteiger partial charge >= 0.3 is 0 Å². The van der Waals surface area contributed by atoms with Gasteiger partial charge in [0.15, 0.2) is 0 Å². The van der Waals surface area contributed by atoms with Crippen molar-refractivity contribution in [1.29, 1.82) is 5.26 Å². The molecule has 2 rings (SSSR count). The first-order valence-electron chi connectivity index (χ1n) is 5.98. The Bertz CT molecular complexity index is 652. The number of carbonyl (C=O) groups is 1. The Morgan fingerprint density at radius 2 is 2.32 bits per heavy atom. The van der Waals surface area contributed by atoms with Gasteiger partial charge in [0.2, 0.25) is 0 Å². The Balaban J connectivity index is 2.23. The van der Waals surface area contributed by atoms with Crippen molar-refractivity contribution in [3.05, 3.63) is 47.3 Å². The van der Waals surface area contributed by atoms with Gasteiger partial charge in [-0.15, -0.1) is 0 Å². The maximum Gasteiger partial charge on any atom is 0.259 e. The van der Waals surface area contributed by atoms with Crippen LogP contribution in [0.25, 0.3) is 0 Å². The molecule has 2 aromatic rings. The van der Waals surface area contributed by atoms with Crippen LogP contribution in [0.2, 0.25) is 0 Å². The van der Waals surface area contributed by atoms with Crippen molar-refractivity contribution < 1.29 is 4.79 Å². The SMILES string of the molecule is CCc1nn(C)cc1C(=O)Nc1cccc(C#N)c1. The van der Waals surface area contributed by atoms with Crippen LogP contribution in [0.15, 0.2) is 30.5 Å². The van der Waals surface area contributed by atoms with E-state index in [1.165, 1.54) is 0 Å². The van der Waals surface area contributed by atoms with Crippen LogP contribution in [0.5, 0.6) is 0 Å². The first-order chi connectivity index (χ1) is 9.13. The number of hydrogen-bond donors (Lipinski definition) is 1. The third-order valence-corrected chi connectivity index (χ3v) is 2.73. The second kappa shape index (κ2) is 5.36. The molecule has 0 unspecified atom stereocenters. The molecule has 0 aliphatic rings. The normalized spacial score (nSPS) is 9.95. The van der Waals surface area contributed by atoms with Gasteiger partial charge in [0, 0.05) is 18.9 Å². The van der Waals surface area contributed by atoms with Crippen LogP contribution in [-0.2, 0) is 13.5 Å². The van der Waals surface area contributed by atoms with Crippen LogP contribution in [0.1, 0.15) is 28.5 Å². The molecule has 0 fully saturated rings. The van der Waals surface area contributed by atoms with E-state index >= 15 is 0 Å². The molecule has 1 aromatic heterocycles. The fraction of sp³-hybridized carbons (Fsp3) is 0.214. The third-order valence-electron chi connectivity index (χ3n) is 2.73. The van der Waals surface area contributed by atoms with E-state index in [0.717, 1.165) is 5.69 Å². The summed E-state index contributed by atoms with van der Waals surface area (Å²) in [6.45, 7) is 1.95. The Morgan fingerprint density at radius 3 is 3.00 bits per heavy atom. The largest absolute Gasteiger partial charge is 0.322 e. The van der Waals surface area contributed by atoms with Crippen LogP contribution in [0, 0.1) is 11.3 Å². The number of aryl methyl sites for hydroxylation is 2. The van der Waals surface area contributed by atoms with Gasteiger partial charge in [0.1, 0.15) is 0 Å². The molecule has 96 valence electrons. The summed E-state index contributed by atoms with van der Waals surface area (Å²) in [5.74, 6) is -0.208. The molecule has 1 N–H and O–H groups in total. The molecular weight excluding hydrogens is 240 g/mol. The molecule has 1 aromatic carbocycles. The number of carbonyl (C=O) groups excluding carboxylic acids is 1. The maximum absolute atomic E-state index is 12.2. The summed E-state index contributed by atoms with van der Waals surface area (Å²) < 4.78 is 1.62. The number of anilines is 1. The third kappa shape index (κ3) is 2.80. The highest BCUT2D eigenvalue weighted by Gasteiger charge is 2.14. The quantitative estimate of drug-likeness (QED) is 0.911. The molecule has 5 heteroatoms. The van der Waals surface area contributed by atoms with E-state index < -0.39 is 0 Å². The first-order valence-corrected chi connectivity index (χ1v) is 5.98. The maximum atomic E-state index is 12.2. The second-order valence-electron chi connectivity index (χ2n) is 4.16. The molecule has 0 aliphatic carbocycles. The minimum absolute atomic E-state index is 0.208. The summed E-state index contributed by atoms with van der Waals surface area (Å²) in [6, 6.07) is 8.85. The van der Waals surface area contributed by atoms with Gasteiger partial charge < -0.3 is 5.32 Å². The molecule has 1 amide bonds. The van der Waals surface area contributed by atoms with E-state index in [9.17, 15) is 4.79 Å². The smallest absolute Gasteiger partial charge is 0.259 e. The lowest BCUT2D eigenvalue weighted by atomic mass is 10.2. The second-order valence-corrected chi connectivity index (χ2v) is 4.16. The number of aromatic nitrogens is 2. The summed E-state index contributed by atoms with van der Waals surface area (Å²) >= 11 is 0. The van der Waals surface area contributed by atoms with Gasteiger partial charge in [-0.2, -0.15) is 10.4 Å². The van der Waals surface area contributed by atoms with Gasteiger partial charge in [0.25, 0.3) is 5.91 Å². The fourth-order valence-corrected chi connectivity index (χ4v) is 1.85. The zero-order valence-electron chi connectivity index (χ0n) is 10.8. The summed E-state index contributed by atoms with van der Waals surface area (Å²) in [5.41, 5.74) is 2.44. The lowest BCUT2D eigenvalue weighted by Gasteiger charge is -2.04. The average Bonchev–Trinajstić information content (AvgIpc) is 2.80. The topological polar surface area (TPSA) is 70.7 Å². The number of hydrogen-bond acceptors (Lipinski definition) is 3. The lowest BCUT2D eigenvalue weighted by molar-refractivity contribution is 0.102. The average molecular weight is 254 g/mol. The van der Waals surface area contributed by atoms with Crippen LogP contribution in [-0.4, -0.2) is 15.7 Å². The number of amides is 1. The fourth-order valence-electron chi connectivity index (χ4n) is 1.85. The molecule has 0 radical (unpaired) electrons. The van der Waals surface area contributed by atoms with Crippen LogP contribution in [0.4, 0.5) is 5.69 Å². The number of nitrogens with zero attached hydrogens (tertiary/aromatic N) is 3. The molecule has 5 nitrogen and oxygen atoms in total. The van der Waals surface area contributed by atoms with E-state index in [1.54, 1.807) is 42.2 Å². The summed E-state index contributed by atoms with van der Waals surface area (Å²) in [5, 5.41) is 15.8. The summed E-state index contributed by atoms with van der Waals surface area (Å²) in [4.78, 5) is 12.2. The highest BCUT2D eigenvalue weighted by atomic mass is 16.1. The van der Waals surface area contributed by atoms with E-state index in [1.807, 2.05) is 13.0 Å². The zero-order valence-corrected chi connectivity index (χ0v) is 10.8. The Morgan fingerprint density at radius 1 is 1.53 bits per heavy atom. The zero-order chi connectivity index (χ0) is 13.8. The Hall–Kier alpha value is -2.61. The summed E-state index contributed by atoms with van der Waals surface area (Å²) in [7, 11) is 1.78. The standard InChI is InChI=1S/C14H14N4O/c1-3-13-12(9-18(2)17-13)14(19)16-11-6-4-5-10(7-11)8-15/h4-7,9H,3H2,1-2H3,(H,16,19). The van der Waals surface area contributed by atoms with Crippen molar-refractivity contribution in [3.63, 3.8) is 0 Å². The van der Waals surface area contributed by atoms with Crippen molar-refractivity contribution in [1.82, 2.24) is 9.78 Å². The van der Waals surface area contributed by atoms with Crippen LogP contribution < -0.4 is 5.32 Å². The lowest BCUT2D eigenvalue weighted by Crippen LogP contribution is -2.13. The Kier molecular flexibility index (Phi) is 3.62. The number of rotatable bonds is 3. The van der Waals surface area contributed by atoms with Crippen LogP contribution in [0.3, 0.4) is 0 Å². The molecule has 1 heterocycles. The van der Waals surface area contributed by atoms with Crippen molar-refractivity contribution in [3.8, 4) is 6.07 Å². The molecule has 0 spiro atoms. The molecule has 0 aliphatic heterocycles. The van der Waals surface area contributed by atoms with Gasteiger partial charge in [-0.05, 0) is 24.6 Å². The molecule has 0 saturated heterocycles. The van der Waals surface area contributed by atoms with E-state index in [4.69, 9.17) is 5.26 Å². The molecule has 19 heavy (non-hydrogen) atoms. The molecule has 0 bridgehead atoms. The predicted octanol–water partition coefficient (Wildman–Crippen LogP) is 2.11. The number of nitriles is 1. The van der Waals surface area contributed by atoms with E-state index in [-0.39, 0.29) is 5.91 Å². The number of nitrogens with one attached hydrogen (secondary N) is 1. The van der Waals surface area contributed by atoms with E-state index in [0.29, 0.717) is 23.2 Å². The predicted molar refractivity (Wildman–Crippen MR) is 71.7 cm³/mol. The summed E-state index contributed by atoms with van der Waals surface area (Å²) in [6.07, 6.45) is 2.39. The van der Waals surface area contributed by atoms with Crippen molar-refractivity contribution >= 4 is 11.6 Å². The van der Waals surface area contributed by atoms with Crippen molar-refractivity contribution in [2.45, 2.75) is 13.3 Å². The van der Waals surface area contributed by atoms with Gasteiger partial charge in [-0.1, -0.05) is 13.0 Å². The highest BCUT2D eigenvalue weighted by Crippen LogP contribution is 2.13. The van der Waals surface area contributed by atoms with Crippen molar-refractivity contribution in [2.24, 2.45) is 7.05 Å². The van der Waals surface area contributed by atoms with Gasteiger partial charge in [-0.3, -0.25) is 9.48 Å². The molecule has 0 atom stereocenters. The van der Waals surface area contributed by atoms with E-state index in [2.05, 4.69) is 10.4 Å². The van der Waals surface area contributed by atoms with Gasteiger partial charge in [-0.25, -0.2) is 0 Å².